The molecule has 0 saturated carbocycles. The van der Waals surface area contributed by atoms with Crippen LogP contribution in [0.5, 0.6) is 0 Å². The smallest absolute Gasteiger partial charge is 0.330 e. The molecule has 0 aliphatic heterocycles. The van der Waals surface area contributed by atoms with Crippen LogP contribution < -0.4 is 10.9 Å². The molecular weight excluding hydrogens is 408 g/mol. The van der Waals surface area contributed by atoms with Crippen LogP contribution in [0.25, 0.3) is 0 Å². The van der Waals surface area contributed by atoms with Crippen LogP contribution in [0.3, 0.4) is 0 Å². The van der Waals surface area contributed by atoms with E-state index in [1.54, 1.807) is 59.4 Å². The Morgan fingerprint density at radius 2 is 1.78 bits per heavy atom. The van der Waals surface area contributed by atoms with Crippen LogP contribution in [-0.2, 0) is 24.2 Å². The summed E-state index contributed by atoms with van der Waals surface area (Å²) in [6, 6.07) is 12.4. The Morgan fingerprint density at radius 3 is 2.47 bits per heavy atom. The summed E-state index contributed by atoms with van der Waals surface area (Å²) in [5, 5.41) is 12.2. The maximum Gasteiger partial charge on any atom is 0.330 e. The van der Waals surface area contributed by atoms with Gasteiger partial charge in [-0.05, 0) is 55.0 Å². The van der Waals surface area contributed by atoms with E-state index in [1.165, 1.54) is 0 Å². The SMILES string of the molecule is O=C(N[C@@H](C(=O)O)c1ccccc1)c1cc2c(n(Cc3ccco3)c1=O)CCCCCC2. The number of rotatable bonds is 6. The van der Waals surface area contributed by atoms with Crippen LogP contribution in [0, 0.1) is 0 Å². The molecule has 1 atom stereocenters. The normalized spacial score (nSPS) is 14.6. The lowest BCUT2D eigenvalue weighted by atomic mass is 9.95. The van der Waals surface area contributed by atoms with Gasteiger partial charge in [-0.2, -0.15) is 0 Å². The number of pyridine rings is 1. The number of nitrogens with zero attached hydrogens (tertiary/aromatic N) is 1. The predicted molar refractivity (Wildman–Crippen MR) is 119 cm³/mol. The second-order valence-corrected chi connectivity index (χ2v) is 8.07. The van der Waals surface area contributed by atoms with Gasteiger partial charge < -0.3 is 19.4 Å². The number of furan rings is 1. The number of carbonyl (C=O) groups excluding carboxylic acids is 1. The molecule has 32 heavy (non-hydrogen) atoms. The Balaban J connectivity index is 1.74. The molecule has 4 rings (SSSR count). The first kappa shape index (κ1) is 21.6. The molecule has 0 unspecified atom stereocenters. The van der Waals surface area contributed by atoms with Gasteiger partial charge in [0.1, 0.15) is 11.3 Å². The van der Waals surface area contributed by atoms with E-state index in [1.807, 2.05) is 0 Å². The Kier molecular flexibility index (Phi) is 6.54. The molecule has 2 aromatic heterocycles. The van der Waals surface area contributed by atoms with Crippen molar-refractivity contribution in [3.05, 3.63) is 93.3 Å². The van der Waals surface area contributed by atoms with E-state index in [0.717, 1.165) is 49.8 Å². The lowest BCUT2D eigenvalue weighted by molar-refractivity contribution is -0.139. The molecule has 7 heteroatoms. The van der Waals surface area contributed by atoms with Crippen molar-refractivity contribution >= 4 is 11.9 Å². The number of hydrogen-bond acceptors (Lipinski definition) is 4. The van der Waals surface area contributed by atoms with Crippen molar-refractivity contribution < 1.29 is 19.1 Å². The molecule has 166 valence electrons. The van der Waals surface area contributed by atoms with Gasteiger partial charge in [-0.3, -0.25) is 9.59 Å². The van der Waals surface area contributed by atoms with Crippen molar-refractivity contribution in [2.45, 2.75) is 51.1 Å². The van der Waals surface area contributed by atoms with Gasteiger partial charge in [-0.15, -0.1) is 0 Å². The summed E-state index contributed by atoms with van der Waals surface area (Å²) < 4.78 is 7.07. The molecule has 2 N–H and O–H groups in total. The van der Waals surface area contributed by atoms with Gasteiger partial charge in [0.05, 0.1) is 12.8 Å². The van der Waals surface area contributed by atoms with Gasteiger partial charge in [0.15, 0.2) is 6.04 Å². The van der Waals surface area contributed by atoms with Gasteiger partial charge in [-0.1, -0.05) is 43.2 Å². The molecular formula is C25H26N2O5. The number of carboxylic acids is 1. The number of aryl methyl sites for hydroxylation is 1. The number of carbonyl (C=O) groups is 2. The first-order valence-corrected chi connectivity index (χ1v) is 10.9. The summed E-state index contributed by atoms with van der Waals surface area (Å²) in [4.78, 5) is 38.4. The van der Waals surface area contributed by atoms with Gasteiger partial charge >= 0.3 is 5.97 Å². The first-order valence-electron chi connectivity index (χ1n) is 10.9. The number of fused-ring (bicyclic) bond motifs is 1. The maximum atomic E-state index is 13.4. The summed E-state index contributed by atoms with van der Waals surface area (Å²) in [5.74, 6) is -1.25. The Morgan fingerprint density at radius 1 is 1.03 bits per heavy atom. The summed E-state index contributed by atoms with van der Waals surface area (Å²) in [6.45, 7) is 0.232. The van der Waals surface area contributed by atoms with E-state index < -0.39 is 23.5 Å². The monoisotopic (exact) mass is 434 g/mol. The zero-order chi connectivity index (χ0) is 22.5. The van der Waals surface area contributed by atoms with E-state index in [2.05, 4.69) is 5.32 Å². The fraction of sp³-hybridized carbons (Fsp3) is 0.320. The molecule has 7 nitrogen and oxygen atoms in total. The van der Waals surface area contributed by atoms with Crippen molar-refractivity contribution in [1.29, 1.82) is 0 Å². The van der Waals surface area contributed by atoms with Crippen molar-refractivity contribution in [3.8, 4) is 0 Å². The Bertz CT molecular complexity index is 1150. The lowest BCUT2D eigenvalue weighted by Crippen LogP contribution is -2.39. The highest BCUT2D eigenvalue weighted by atomic mass is 16.4. The fourth-order valence-electron chi connectivity index (χ4n) is 4.26. The molecule has 0 bridgehead atoms. The van der Waals surface area contributed by atoms with E-state index in [0.29, 0.717) is 11.3 Å². The maximum absolute atomic E-state index is 13.4. The molecule has 1 aliphatic rings. The second kappa shape index (κ2) is 9.68. The zero-order valence-electron chi connectivity index (χ0n) is 17.8. The van der Waals surface area contributed by atoms with Crippen molar-refractivity contribution in [1.82, 2.24) is 9.88 Å². The van der Waals surface area contributed by atoms with E-state index >= 15 is 0 Å². The van der Waals surface area contributed by atoms with E-state index in [9.17, 15) is 19.5 Å². The van der Waals surface area contributed by atoms with Crippen LogP contribution in [0.1, 0.15) is 64.7 Å². The standard InChI is InChI=1S/C25H26N2O5/c28-23(26-22(25(30)31)17-9-5-3-6-10-17)20-15-18-11-4-1-2-7-13-21(18)27(24(20)29)16-19-12-8-14-32-19/h3,5-6,8-10,12,14-15,22H,1-2,4,7,11,13,16H2,(H,26,28)(H,30,31)/t22-/m1/s1. The molecule has 2 heterocycles. The molecule has 1 aliphatic carbocycles. The first-order chi connectivity index (χ1) is 15.5. The highest BCUT2D eigenvalue weighted by Crippen LogP contribution is 2.22. The van der Waals surface area contributed by atoms with Crippen molar-refractivity contribution in [2.75, 3.05) is 0 Å². The van der Waals surface area contributed by atoms with Crippen LogP contribution >= 0.6 is 0 Å². The highest BCUT2D eigenvalue weighted by molar-refractivity contribution is 5.96. The number of aliphatic carboxylic acids is 1. The van der Waals surface area contributed by atoms with E-state index in [4.69, 9.17) is 4.42 Å². The Hall–Kier alpha value is -3.61. The third-order valence-electron chi connectivity index (χ3n) is 5.89. The van der Waals surface area contributed by atoms with Crippen LogP contribution in [0.15, 0.2) is 64.0 Å². The average molecular weight is 434 g/mol. The van der Waals surface area contributed by atoms with Gasteiger partial charge in [0.2, 0.25) is 0 Å². The quantitative estimate of drug-likeness (QED) is 0.616. The lowest BCUT2D eigenvalue weighted by Gasteiger charge is -2.21. The highest BCUT2D eigenvalue weighted by Gasteiger charge is 2.26. The summed E-state index contributed by atoms with van der Waals surface area (Å²) in [7, 11) is 0. The van der Waals surface area contributed by atoms with Gasteiger partial charge in [0.25, 0.3) is 11.5 Å². The van der Waals surface area contributed by atoms with Crippen LogP contribution in [-0.4, -0.2) is 21.6 Å². The number of aromatic nitrogens is 1. The minimum Gasteiger partial charge on any atom is -0.479 e. The topological polar surface area (TPSA) is 102 Å². The number of carboxylic acid groups (broad SMARTS) is 1. The second-order valence-electron chi connectivity index (χ2n) is 8.07. The summed E-state index contributed by atoms with van der Waals surface area (Å²) in [6.07, 6.45) is 7.25. The molecule has 0 radical (unpaired) electrons. The molecule has 1 amide bonds. The summed E-state index contributed by atoms with van der Waals surface area (Å²) >= 11 is 0. The molecule has 3 aromatic rings. The van der Waals surface area contributed by atoms with Gasteiger partial charge in [0, 0.05) is 5.69 Å². The number of benzene rings is 1. The minimum atomic E-state index is -1.25. The van der Waals surface area contributed by atoms with Gasteiger partial charge in [-0.25, -0.2) is 4.79 Å². The molecule has 0 fully saturated rings. The number of hydrogen-bond donors (Lipinski definition) is 2. The molecule has 0 spiro atoms. The fourth-order valence-corrected chi connectivity index (χ4v) is 4.26. The number of amides is 1. The van der Waals surface area contributed by atoms with Crippen LogP contribution in [0.2, 0.25) is 0 Å². The zero-order valence-corrected chi connectivity index (χ0v) is 17.8. The largest absolute Gasteiger partial charge is 0.479 e. The van der Waals surface area contributed by atoms with Crippen LogP contribution in [0.4, 0.5) is 0 Å². The predicted octanol–water partition coefficient (Wildman–Crippen LogP) is 3.70. The summed E-state index contributed by atoms with van der Waals surface area (Å²) in [5.41, 5.74) is 1.86. The van der Waals surface area contributed by atoms with Crippen molar-refractivity contribution in [2.24, 2.45) is 0 Å². The Labute approximate surface area is 185 Å². The average Bonchev–Trinajstić information content (AvgIpc) is 3.28. The molecule has 1 aromatic carbocycles. The third kappa shape index (κ3) is 4.66. The minimum absolute atomic E-state index is 0.0435. The van der Waals surface area contributed by atoms with E-state index in [-0.39, 0.29) is 12.1 Å². The van der Waals surface area contributed by atoms with Crippen molar-refractivity contribution in [3.63, 3.8) is 0 Å². The number of nitrogens with one attached hydrogen (secondary N) is 1. The molecule has 0 saturated heterocycles. The third-order valence-corrected chi connectivity index (χ3v) is 5.89.